The van der Waals surface area contributed by atoms with Gasteiger partial charge in [0.1, 0.15) is 7.85 Å². The van der Waals surface area contributed by atoms with Crippen LogP contribution in [-0.4, -0.2) is 13.6 Å². The van der Waals surface area contributed by atoms with Crippen molar-refractivity contribution < 1.29 is 4.79 Å². The summed E-state index contributed by atoms with van der Waals surface area (Å²) in [6.45, 7) is 0. The van der Waals surface area contributed by atoms with Crippen molar-refractivity contribution in [3.8, 4) is 0 Å². The van der Waals surface area contributed by atoms with E-state index >= 15 is 0 Å². The van der Waals surface area contributed by atoms with E-state index in [1.807, 2.05) is 32.1 Å². The molecule has 0 N–H and O–H groups in total. The molecule has 0 saturated heterocycles. The second-order valence-electron chi connectivity index (χ2n) is 2.26. The lowest BCUT2D eigenvalue weighted by molar-refractivity contribution is 0.101. The largest absolute Gasteiger partial charge is 0.295 e. The Hall–Kier alpha value is -0.315. The molecule has 0 heterocycles. The first-order valence-corrected chi connectivity index (χ1v) is 4.61. The second kappa shape index (κ2) is 3.90. The number of rotatable bonds is 2. The molecule has 0 aliphatic heterocycles. The maximum absolute atomic E-state index is 11.2. The molecule has 0 spiro atoms. The fourth-order valence-corrected chi connectivity index (χ4v) is 1.57. The Balaban J connectivity index is 3.03. The quantitative estimate of drug-likeness (QED) is 0.446. The second-order valence-corrected chi connectivity index (χ2v) is 3.42. The number of hydrogen-bond acceptors (Lipinski definition) is 1. The Labute approximate surface area is 80.7 Å². The van der Waals surface area contributed by atoms with Crippen molar-refractivity contribution in [3.05, 3.63) is 33.4 Å². The Morgan fingerprint density at radius 1 is 1.45 bits per heavy atom. The molecular weight excluding hydrogens is 250 g/mol. The number of ketones is 1. The summed E-state index contributed by atoms with van der Waals surface area (Å²) in [6, 6.07) is 7.65. The maximum Gasteiger partial charge on any atom is 0.156 e. The highest BCUT2D eigenvalue weighted by molar-refractivity contribution is 14.1. The van der Waals surface area contributed by atoms with Crippen LogP contribution in [0.1, 0.15) is 10.4 Å². The van der Waals surface area contributed by atoms with E-state index in [1.54, 1.807) is 0 Å². The Morgan fingerprint density at radius 2 is 2.09 bits per heavy atom. The minimum atomic E-state index is 0.218. The molecular formula is C8H8BIO. The average molecular weight is 258 g/mol. The molecule has 0 atom stereocenters. The molecule has 1 aromatic rings. The monoisotopic (exact) mass is 258 g/mol. The number of carbonyl (C=O) groups excluding carboxylic acids is 1. The van der Waals surface area contributed by atoms with E-state index < -0.39 is 0 Å². The lowest BCUT2D eigenvalue weighted by Crippen LogP contribution is -1.99. The molecule has 1 rings (SSSR count). The molecule has 0 saturated carbocycles. The van der Waals surface area contributed by atoms with Gasteiger partial charge in [-0.3, -0.25) is 4.79 Å². The van der Waals surface area contributed by atoms with Gasteiger partial charge in [0.15, 0.2) is 5.78 Å². The van der Waals surface area contributed by atoms with Gasteiger partial charge in [-0.25, -0.2) is 0 Å². The summed E-state index contributed by atoms with van der Waals surface area (Å²) in [6.07, 6.45) is 0.583. The lowest BCUT2D eigenvalue weighted by atomic mass is 9.96. The Kier molecular flexibility index (Phi) is 3.11. The summed E-state index contributed by atoms with van der Waals surface area (Å²) in [4.78, 5) is 11.2. The number of halogens is 1. The topological polar surface area (TPSA) is 17.1 Å². The average Bonchev–Trinajstić information content (AvgIpc) is 2.04. The molecule has 11 heavy (non-hydrogen) atoms. The lowest BCUT2D eigenvalue weighted by Gasteiger charge is -1.99. The van der Waals surface area contributed by atoms with E-state index in [1.165, 1.54) is 0 Å². The molecule has 0 unspecified atom stereocenters. The van der Waals surface area contributed by atoms with Crippen molar-refractivity contribution in [2.24, 2.45) is 0 Å². The molecule has 0 bridgehead atoms. The summed E-state index contributed by atoms with van der Waals surface area (Å²) < 4.78 is 1.04. The van der Waals surface area contributed by atoms with Crippen LogP contribution in [0.5, 0.6) is 0 Å². The molecule has 56 valence electrons. The van der Waals surface area contributed by atoms with Crippen LogP contribution >= 0.6 is 22.6 Å². The third-order valence-corrected chi connectivity index (χ3v) is 2.44. The third-order valence-electron chi connectivity index (χ3n) is 1.50. The number of hydrogen-bond donors (Lipinski definition) is 0. The number of benzene rings is 1. The first-order chi connectivity index (χ1) is 5.25. The van der Waals surface area contributed by atoms with Gasteiger partial charge in [-0.05, 0) is 35.0 Å². The Bertz CT molecular complexity index is 273. The highest BCUT2D eigenvalue weighted by Gasteiger charge is 2.04. The summed E-state index contributed by atoms with van der Waals surface area (Å²) >= 11 is 2.18. The zero-order chi connectivity index (χ0) is 8.27. The van der Waals surface area contributed by atoms with Crippen molar-refractivity contribution in [1.82, 2.24) is 0 Å². The van der Waals surface area contributed by atoms with Crippen molar-refractivity contribution in [2.75, 3.05) is 0 Å². The zero-order valence-corrected chi connectivity index (χ0v) is 8.46. The van der Waals surface area contributed by atoms with Gasteiger partial charge in [0.05, 0.1) is 0 Å². The van der Waals surface area contributed by atoms with Gasteiger partial charge in [-0.15, -0.1) is 0 Å². The first-order valence-electron chi connectivity index (χ1n) is 3.53. The summed E-state index contributed by atoms with van der Waals surface area (Å²) in [5, 5.41) is 0. The summed E-state index contributed by atoms with van der Waals surface area (Å²) in [7, 11) is 1.88. The summed E-state index contributed by atoms with van der Waals surface area (Å²) in [5.41, 5.74) is 0.843. The van der Waals surface area contributed by atoms with Crippen molar-refractivity contribution in [2.45, 2.75) is 6.32 Å². The fourth-order valence-electron chi connectivity index (χ4n) is 0.878. The molecule has 0 aromatic heterocycles. The highest BCUT2D eigenvalue weighted by atomic mass is 127. The van der Waals surface area contributed by atoms with Crippen LogP contribution < -0.4 is 0 Å². The molecule has 1 nitrogen and oxygen atoms in total. The molecule has 0 amide bonds. The van der Waals surface area contributed by atoms with Gasteiger partial charge >= 0.3 is 0 Å². The van der Waals surface area contributed by atoms with Crippen molar-refractivity contribution in [3.63, 3.8) is 0 Å². The van der Waals surface area contributed by atoms with Crippen LogP contribution in [0.3, 0.4) is 0 Å². The van der Waals surface area contributed by atoms with Crippen LogP contribution in [0.15, 0.2) is 24.3 Å². The van der Waals surface area contributed by atoms with Gasteiger partial charge in [0.2, 0.25) is 0 Å². The predicted octanol–water partition coefficient (Wildman–Crippen LogP) is 1.53. The normalized spacial score (nSPS) is 9.55. The summed E-state index contributed by atoms with van der Waals surface area (Å²) in [5.74, 6) is 0.218. The highest BCUT2D eigenvalue weighted by Crippen LogP contribution is 2.12. The van der Waals surface area contributed by atoms with E-state index in [0.29, 0.717) is 6.32 Å². The molecule has 0 radical (unpaired) electrons. The molecule has 3 heteroatoms. The zero-order valence-electron chi connectivity index (χ0n) is 6.30. The SMILES string of the molecule is BCC(=O)c1ccccc1I. The minimum absolute atomic E-state index is 0.218. The van der Waals surface area contributed by atoms with Gasteiger partial charge in [-0.1, -0.05) is 18.2 Å². The van der Waals surface area contributed by atoms with E-state index in [4.69, 9.17) is 0 Å². The van der Waals surface area contributed by atoms with Crippen molar-refractivity contribution >= 4 is 36.2 Å². The first kappa shape index (κ1) is 8.78. The van der Waals surface area contributed by atoms with Gasteiger partial charge in [-0.2, -0.15) is 0 Å². The smallest absolute Gasteiger partial charge is 0.156 e. The van der Waals surface area contributed by atoms with E-state index in [2.05, 4.69) is 22.6 Å². The van der Waals surface area contributed by atoms with Gasteiger partial charge < -0.3 is 0 Å². The molecule has 1 aromatic carbocycles. The third kappa shape index (κ3) is 2.05. The van der Waals surface area contributed by atoms with Crippen LogP contribution in [-0.2, 0) is 0 Å². The van der Waals surface area contributed by atoms with E-state index in [0.717, 1.165) is 9.13 Å². The van der Waals surface area contributed by atoms with Gasteiger partial charge in [0, 0.05) is 9.13 Å². The molecule has 0 aliphatic carbocycles. The maximum atomic E-state index is 11.2. The van der Waals surface area contributed by atoms with Crippen molar-refractivity contribution in [1.29, 1.82) is 0 Å². The van der Waals surface area contributed by atoms with Crippen LogP contribution in [0.25, 0.3) is 0 Å². The molecule has 0 fully saturated rings. The van der Waals surface area contributed by atoms with E-state index in [-0.39, 0.29) is 5.78 Å². The van der Waals surface area contributed by atoms with Gasteiger partial charge in [0.25, 0.3) is 0 Å². The van der Waals surface area contributed by atoms with Crippen LogP contribution in [0.2, 0.25) is 6.32 Å². The minimum Gasteiger partial charge on any atom is -0.295 e. The van der Waals surface area contributed by atoms with Crippen LogP contribution in [0.4, 0.5) is 0 Å². The van der Waals surface area contributed by atoms with E-state index in [9.17, 15) is 4.79 Å². The Morgan fingerprint density at radius 3 is 2.64 bits per heavy atom. The predicted molar refractivity (Wildman–Crippen MR) is 56.8 cm³/mol. The number of Topliss-reactive ketones (excluding diaryl/α,β-unsaturated/α-hetero) is 1. The van der Waals surface area contributed by atoms with Crippen LogP contribution in [0, 0.1) is 3.57 Å². The standard InChI is InChI=1S/C8H8BIO/c9-5-8(11)6-3-1-2-4-7(6)10/h1-4H,5,9H2. The fraction of sp³-hybridized carbons (Fsp3) is 0.125. The number of carbonyl (C=O) groups is 1. The molecule has 0 aliphatic rings.